The summed E-state index contributed by atoms with van der Waals surface area (Å²) in [6.45, 7) is 4.37. The van der Waals surface area contributed by atoms with E-state index in [1.807, 2.05) is 6.07 Å². The summed E-state index contributed by atoms with van der Waals surface area (Å²) < 4.78 is 34.2. The Kier molecular flexibility index (Phi) is 7.20. The molecule has 3 nitrogen and oxygen atoms in total. The molecule has 0 aliphatic heterocycles. The Morgan fingerprint density at radius 3 is 2.27 bits per heavy atom. The Balaban J connectivity index is 1.67. The molecular formula is C25H27F2NO2. The third-order valence-electron chi connectivity index (χ3n) is 6.33. The summed E-state index contributed by atoms with van der Waals surface area (Å²) in [5.41, 5.74) is 0.262. The summed E-state index contributed by atoms with van der Waals surface area (Å²) >= 11 is 0. The minimum Gasteiger partial charge on any atom is -0.423 e. The Morgan fingerprint density at radius 2 is 1.73 bits per heavy atom. The number of ether oxygens (including phenoxy) is 1. The average Bonchev–Trinajstić information content (AvgIpc) is 2.73. The van der Waals surface area contributed by atoms with Crippen LogP contribution in [0.5, 0.6) is 5.75 Å². The molecule has 3 rings (SSSR count). The molecule has 1 saturated carbocycles. The van der Waals surface area contributed by atoms with Crippen LogP contribution in [-0.2, 0) is 6.42 Å². The second-order valence-corrected chi connectivity index (χ2v) is 8.33. The van der Waals surface area contributed by atoms with E-state index < -0.39 is 23.2 Å². The van der Waals surface area contributed by atoms with Crippen molar-refractivity contribution in [2.75, 3.05) is 0 Å². The smallest absolute Gasteiger partial charge is 0.349 e. The third-order valence-corrected chi connectivity index (χ3v) is 6.33. The number of carbonyl (C=O) groups excluding carboxylic acids is 1. The van der Waals surface area contributed by atoms with Gasteiger partial charge in [0.15, 0.2) is 0 Å². The van der Waals surface area contributed by atoms with E-state index in [-0.39, 0.29) is 5.75 Å². The largest absolute Gasteiger partial charge is 0.423 e. The van der Waals surface area contributed by atoms with Crippen LogP contribution in [0.25, 0.3) is 0 Å². The van der Waals surface area contributed by atoms with Crippen molar-refractivity contribution < 1.29 is 18.3 Å². The van der Waals surface area contributed by atoms with E-state index in [1.165, 1.54) is 68.5 Å². The van der Waals surface area contributed by atoms with E-state index in [0.717, 1.165) is 5.92 Å². The van der Waals surface area contributed by atoms with Crippen molar-refractivity contribution >= 4 is 5.97 Å². The summed E-state index contributed by atoms with van der Waals surface area (Å²) in [5.74, 6) is -1.08. The van der Waals surface area contributed by atoms with Crippen molar-refractivity contribution in [3.63, 3.8) is 0 Å². The summed E-state index contributed by atoms with van der Waals surface area (Å²) in [6.07, 6.45) is 6.60. The maximum Gasteiger partial charge on any atom is 0.349 e. The van der Waals surface area contributed by atoms with Gasteiger partial charge in [-0.1, -0.05) is 33.1 Å². The highest BCUT2D eigenvalue weighted by Gasteiger charge is 2.26. The standard InChI is InChI=1S/C25H27F2NO2/c1-3-17-4-8-20(9-5-17)16(2)12-19-13-22(26)24(23(27)14-19)25(29)30-21-10-6-18(15-28)7-11-21/h6-7,10-11,13-14,16-17,20H,3-5,8-9,12H2,1-2H3. The lowest BCUT2D eigenvalue weighted by Gasteiger charge is -2.32. The Bertz CT molecular complexity index is 902. The lowest BCUT2D eigenvalue weighted by atomic mass is 9.74. The SMILES string of the molecule is CCC1CCC(C(C)Cc2cc(F)c(C(=O)Oc3ccc(C#N)cc3)c(F)c2)CC1. The van der Waals surface area contributed by atoms with Crippen molar-refractivity contribution in [1.82, 2.24) is 0 Å². The summed E-state index contributed by atoms with van der Waals surface area (Å²) in [6, 6.07) is 10.2. The molecule has 1 unspecified atom stereocenters. The minimum atomic E-state index is -1.09. The number of esters is 1. The molecule has 0 bridgehead atoms. The van der Waals surface area contributed by atoms with Crippen LogP contribution in [-0.4, -0.2) is 5.97 Å². The van der Waals surface area contributed by atoms with E-state index in [0.29, 0.717) is 29.4 Å². The molecule has 0 aromatic heterocycles. The predicted molar refractivity (Wildman–Crippen MR) is 111 cm³/mol. The van der Waals surface area contributed by atoms with Gasteiger partial charge in [0, 0.05) is 0 Å². The lowest BCUT2D eigenvalue weighted by molar-refractivity contribution is 0.0724. The Morgan fingerprint density at radius 1 is 1.13 bits per heavy atom. The van der Waals surface area contributed by atoms with Gasteiger partial charge in [0.1, 0.15) is 22.9 Å². The molecule has 1 aliphatic carbocycles. The number of carbonyl (C=O) groups is 1. The van der Waals surface area contributed by atoms with Crippen LogP contribution in [0.4, 0.5) is 8.78 Å². The lowest BCUT2D eigenvalue weighted by Crippen LogP contribution is -2.21. The molecule has 5 heteroatoms. The number of nitriles is 1. The molecule has 2 aromatic carbocycles. The molecule has 0 spiro atoms. The zero-order chi connectivity index (χ0) is 21.7. The first-order chi connectivity index (χ1) is 14.4. The second kappa shape index (κ2) is 9.84. The monoisotopic (exact) mass is 411 g/mol. The van der Waals surface area contributed by atoms with Crippen LogP contribution in [0.1, 0.15) is 67.4 Å². The van der Waals surface area contributed by atoms with Crippen LogP contribution in [0, 0.1) is 40.7 Å². The van der Waals surface area contributed by atoms with Crippen LogP contribution in [0.2, 0.25) is 0 Å². The van der Waals surface area contributed by atoms with Crippen molar-refractivity contribution in [2.45, 2.75) is 52.4 Å². The van der Waals surface area contributed by atoms with Crippen molar-refractivity contribution in [1.29, 1.82) is 5.26 Å². The van der Waals surface area contributed by atoms with Gasteiger partial charge in [-0.25, -0.2) is 13.6 Å². The van der Waals surface area contributed by atoms with E-state index in [4.69, 9.17) is 10.00 Å². The van der Waals surface area contributed by atoms with Crippen LogP contribution >= 0.6 is 0 Å². The Hall–Kier alpha value is -2.74. The van der Waals surface area contributed by atoms with Gasteiger partial charge in [0.25, 0.3) is 0 Å². The number of benzene rings is 2. The molecule has 158 valence electrons. The fourth-order valence-electron chi connectivity index (χ4n) is 4.40. The second-order valence-electron chi connectivity index (χ2n) is 8.33. The first-order valence-electron chi connectivity index (χ1n) is 10.6. The molecule has 0 heterocycles. The molecule has 0 radical (unpaired) electrons. The van der Waals surface area contributed by atoms with Crippen molar-refractivity contribution in [3.8, 4) is 11.8 Å². The number of halogens is 2. The zero-order valence-electron chi connectivity index (χ0n) is 17.5. The van der Waals surface area contributed by atoms with Crippen LogP contribution < -0.4 is 4.74 Å². The summed E-state index contributed by atoms with van der Waals surface area (Å²) in [4.78, 5) is 12.3. The third kappa shape index (κ3) is 5.24. The number of hydrogen-bond acceptors (Lipinski definition) is 3. The minimum absolute atomic E-state index is 0.123. The number of rotatable bonds is 6. The van der Waals surface area contributed by atoms with Gasteiger partial charge >= 0.3 is 5.97 Å². The number of nitrogens with zero attached hydrogens (tertiary/aromatic N) is 1. The van der Waals surface area contributed by atoms with Gasteiger partial charge in [-0.05, 0) is 79.0 Å². The highest BCUT2D eigenvalue weighted by Crippen LogP contribution is 2.36. The number of hydrogen-bond donors (Lipinski definition) is 0. The van der Waals surface area contributed by atoms with E-state index in [9.17, 15) is 13.6 Å². The Labute approximate surface area is 176 Å². The highest BCUT2D eigenvalue weighted by molar-refractivity contribution is 5.91. The summed E-state index contributed by atoms with van der Waals surface area (Å²) in [7, 11) is 0. The maximum absolute atomic E-state index is 14.6. The molecule has 2 aromatic rings. The summed E-state index contributed by atoms with van der Waals surface area (Å²) in [5, 5.41) is 8.80. The van der Waals surface area contributed by atoms with E-state index in [1.54, 1.807) is 0 Å². The van der Waals surface area contributed by atoms with Crippen molar-refractivity contribution in [2.24, 2.45) is 17.8 Å². The molecule has 1 atom stereocenters. The van der Waals surface area contributed by atoms with E-state index >= 15 is 0 Å². The predicted octanol–water partition coefficient (Wildman–Crippen LogP) is 6.45. The zero-order valence-corrected chi connectivity index (χ0v) is 17.5. The molecule has 0 saturated heterocycles. The fraction of sp³-hybridized carbons (Fsp3) is 0.440. The maximum atomic E-state index is 14.6. The van der Waals surface area contributed by atoms with Crippen LogP contribution in [0.15, 0.2) is 36.4 Å². The normalized spacial score (nSPS) is 19.7. The topological polar surface area (TPSA) is 50.1 Å². The molecule has 30 heavy (non-hydrogen) atoms. The molecular weight excluding hydrogens is 384 g/mol. The molecule has 1 aliphatic rings. The average molecular weight is 411 g/mol. The molecule has 1 fully saturated rings. The van der Waals surface area contributed by atoms with E-state index in [2.05, 4.69) is 13.8 Å². The first kappa shape index (κ1) is 22.0. The quantitative estimate of drug-likeness (QED) is 0.405. The van der Waals surface area contributed by atoms with Gasteiger partial charge in [0.2, 0.25) is 0 Å². The van der Waals surface area contributed by atoms with Crippen LogP contribution in [0.3, 0.4) is 0 Å². The van der Waals surface area contributed by atoms with Gasteiger partial charge < -0.3 is 4.74 Å². The van der Waals surface area contributed by atoms with Gasteiger partial charge in [-0.3, -0.25) is 0 Å². The molecule has 0 N–H and O–H groups in total. The fourth-order valence-corrected chi connectivity index (χ4v) is 4.40. The van der Waals surface area contributed by atoms with Gasteiger partial charge in [0.05, 0.1) is 11.6 Å². The van der Waals surface area contributed by atoms with Gasteiger partial charge in [-0.2, -0.15) is 5.26 Å². The highest BCUT2D eigenvalue weighted by atomic mass is 19.1. The first-order valence-corrected chi connectivity index (χ1v) is 10.6. The van der Waals surface area contributed by atoms with Gasteiger partial charge in [-0.15, -0.1) is 0 Å². The molecule has 0 amide bonds. The van der Waals surface area contributed by atoms with Crippen molar-refractivity contribution in [3.05, 3.63) is 64.7 Å².